The normalized spacial score (nSPS) is 19.3. The molecule has 28 heavy (non-hydrogen) atoms. The Morgan fingerprint density at radius 1 is 1.18 bits per heavy atom. The number of esters is 1. The summed E-state index contributed by atoms with van der Waals surface area (Å²) in [7, 11) is 0. The quantitative estimate of drug-likeness (QED) is 0.677. The number of benzene rings is 1. The van der Waals surface area contributed by atoms with Gasteiger partial charge >= 0.3 is 12.1 Å². The maximum absolute atomic E-state index is 13.4. The van der Waals surface area contributed by atoms with E-state index in [1.54, 1.807) is 20.8 Å². The van der Waals surface area contributed by atoms with Gasteiger partial charge in [0.25, 0.3) is 0 Å². The van der Waals surface area contributed by atoms with Gasteiger partial charge in [0, 0.05) is 0 Å². The second-order valence-electron chi connectivity index (χ2n) is 8.71. The van der Waals surface area contributed by atoms with Crippen LogP contribution in [0.3, 0.4) is 0 Å². The van der Waals surface area contributed by atoms with Crippen molar-refractivity contribution in [1.29, 1.82) is 0 Å². The predicted octanol–water partition coefficient (Wildman–Crippen LogP) is 4.35. The lowest BCUT2D eigenvalue weighted by atomic mass is 9.81. The Morgan fingerprint density at radius 3 is 2.32 bits per heavy atom. The van der Waals surface area contributed by atoms with Crippen LogP contribution in [0.15, 0.2) is 30.3 Å². The van der Waals surface area contributed by atoms with Gasteiger partial charge in [0.1, 0.15) is 18.2 Å². The van der Waals surface area contributed by atoms with Crippen molar-refractivity contribution in [2.75, 3.05) is 6.61 Å². The molecule has 0 aliphatic carbocycles. The maximum Gasteiger partial charge on any atom is 0.417 e. The molecule has 1 aromatic carbocycles. The second-order valence-corrected chi connectivity index (χ2v) is 8.71. The summed E-state index contributed by atoms with van der Waals surface area (Å²) in [5.41, 5.74) is 0.195. The fourth-order valence-electron chi connectivity index (χ4n) is 3.29. The van der Waals surface area contributed by atoms with Crippen molar-refractivity contribution in [3.05, 3.63) is 35.9 Å². The van der Waals surface area contributed by atoms with E-state index in [4.69, 9.17) is 9.47 Å². The molecule has 1 fully saturated rings. The minimum absolute atomic E-state index is 0.0687. The van der Waals surface area contributed by atoms with Gasteiger partial charge in [-0.25, -0.2) is 9.69 Å². The average Bonchev–Trinajstić information content (AvgIpc) is 2.99. The number of ether oxygens (including phenoxy) is 2. The summed E-state index contributed by atoms with van der Waals surface area (Å²) >= 11 is 0. The summed E-state index contributed by atoms with van der Waals surface area (Å²) in [6, 6.07) is 8.83. The molecular formula is C22H31NO5. The van der Waals surface area contributed by atoms with E-state index in [0.29, 0.717) is 0 Å². The highest BCUT2D eigenvalue weighted by molar-refractivity contribution is 5.96. The lowest BCUT2D eigenvalue weighted by molar-refractivity contribution is -0.159. The van der Waals surface area contributed by atoms with Gasteiger partial charge in [-0.05, 0) is 38.2 Å². The molecule has 1 aromatic rings. The first kappa shape index (κ1) is 21.9. The number of carbonyl (C=O) groups excluding carboxylic acids is 3. The van der Waals surface area contributed by atoms with E-state index in [-0.39, 0.29) is 30.8 Å². The zero-order valence-electron chi connectivity index (χ0n) is 17.6. The fraction of sp³-hybridized carbons (Fsp3) is 0.591. The van der Waals surface area contributed by atoms with Crippen molar-refractivity contribution < 1.29 is 23.9 Å². The highest BCUT2D eigenvalue weighted by Crippen LogP contribution is 2.34. The van der Waals surface area contributed by atoms with Crippen LogP contribution in [0.4, 0.5) is 4.79 Å². The number of cyclic esters (lactones) is 1. The molecule has 1 aliphatic heterocycles. The molecule has 6 heteroatoms. The first-order chi connectivity index (χ1) is 13.0. The number of rotatable bonds is 6. The number of hydrogen-bond acceptors (Lipinski definition) is 5. The van der Waals surface area contributed by atoms with Crippen molar-refractivity contribution in [2.45, 2.75) is 59.6 Å². The van der Waals surface area contributed by atoms with Crippen LogP contribution in [0.5, 0.6) is 0 Å². The Balaban J connectivity index is 2.29. The lowest BCUT2D eigenvalue weighted by Gasteiger charge is -2.31. The molecule has 1 heterocycles. The second kappa shape index (κ2) is 8.76. The molecule has 1 aliphatic rings. The molecule has 0 N–H and O–H groups in total. The summed E-state index contributed by atoms with van der Waals surface area (Å²) in [5.74, 6) is -1.44. The standard InChI is InChI=1S/C22H31NO5/c1-14(2)15(3)17(12-19(24)28-22(4,5)6)20(25)23-18(13-27-21(23)26)16-10-8-7-9-11-16/h7-11,14-15,17-18H,12-13H2,1-6H3/t15-,17+,18-/m0/s1. The van der Waals surface area contributed by atoms with E-state index in [1.165, 1.54) is 4.90 Å². The van der Waals surface area contributed by atoms with Crippen LogP contribution in [0, 0.1) is 17.8 Å². The van der Waals surface area contributed by atoms with E-state index in [0.717, 1.165) is 5.56 Å². The maximum atomic E-state index is 13.4. The van der Waals surface area contributed by atoms with Crippen molar-refractivity contribution in [2.24, 2.45) is 17.8 Å². The lowest BCUT2D eigenvalue weighted by Crippen LogP contribution is -2.43. The van der Waals surface area contributed by atoms with Gasteiger partial charge in [-0.3, -0.25) is 9.59 Å². The van der Waals surface area contributed by atoms with Crippen LogP contribution < -0.4 is 0 Å². The number of carbonyl (C=O) groups is 3. The van der Waals surface area contributed by atoms with E-state index >= 15 is 0 Å². The molecule has 0 saturated carbocycles. The average molecular weight is 389 g/mol. The van der Waals surface area contributed by atoms with Gasteiger partial charge in [0.15, 0.2) is 0 Å². The van der Waals surface area contributed by atoms with Crippen LogP contribution in [-0.4, -0.2) is 35.1 Å². The minimum atomic E-state index is -0.663. The van der Waals surface area contributed by atoms with Gasteiger partial charge in [-0.1, -0.05) is 51.1 Å². The van der Waals surface area contributed by atoms with Crippen LogP contribution >= 0.6 is 0 Å². The summed E-state index contributed by atoms with van der Waals surface area (Å²) < 4.78 is 10.6. The number of imide groups is 1. The number of nitrogens with zero attached hydrogens (tertiary/aromatic N) is 1. The third-order valence-electron chi connectivity index (χ3n) is 5.10. The molecule has 2 rings (SSSR count). The Bertz CT molecular complexity index is 707. The van der Waals surface area contributed by atoms with E-state index in [9.17, 15) is 14.4 Å². The first-order valence-corrected chi connectivity index (χ1v) is 9.78. The van der Waals surface area contributed by atoms with Gasteiger partial charge in [0.05, 0.1) is 12.3 Å². The van der Waals surface area contributed by atoms with Gasteiger partial charge < -0.3 is 9.47 Å². The smallest absolute Gasteiger partial charge is 0.417 e. The molecule has 0 unspecified atom stereocenters. The minimum Gasteiger partial charge on any atom is -0.460 e. The molecule has 154 valence electrons. The molecule has 0 spiro atoms. The highest BCUT2D eigenvalue weighted by atomic mass is 16.6. The summed E-state index contributed by atoms with van der Waals surface area (Å²) in [6.07, 6.45) is -0.732. The van der Waals surface area contributed by atoms with E-state index in [1.807, 2.05) is 51.1 Å². The van der Waals surface area contributed by atoms with Crippen LogP contribution in [0.2, 0.25) is 0 Å². The van der Waals surface area contributed by atoms with Gasteiger partial charge in [-0.2, -0.15) is 0 Å². The van der Waals surface area contributed by atoms with Crippen molar-refractivity contribution in [3.8, 4) is 0 Å². The zero-order valence-corrected chi connectivity index (χ0v) is 17.6. The Labute approximate surface area is 167 Å². The molecule has 0 radical (unpaired) electrons. The molecule has 0 aromatic heterocycles. The Morgan fingerprint density at radius 2 is 1.79 bits per heavy atom. The predicted molar refractivity (Wildman–Crippen MR) is 105 cm³/mol. The Kier molecular flexibility index (Phi) is 6.86. The molecule has 2 amide bonds. The first-order valence-electron chi connectivity index (χ1n) is 9.78. The number of hydrogen-bond donors (Lipinski definition) is 0. The van der Waals surface area contributed by atoms with Crippen LogP contribution in [0.25, 0.3) is 0 Å². The molecule has 1 saturated heterocycles. The van der Waals surface area contributed by atoms with Gasteiger partial charge in [0.2, 0.25) is 5.91 Å². The Hall–Kier alpha value is -2.37. The van der Waals surface area contributed by atoms with Crippen molar-refractivity contribution in [1.82, 2.24) is 4.90 Å². The monoisotopic (exact) mass is 389 g/mol. The van der Waals surface area contributed by atoms with Crippen molar-refractivity contribution in [3.63, 3.8) is 0 Å². The third-order valence-corrected chi connectivity index (χ3v) is 5.10. The number of amides is 2. The van der Waals surface area contributed by atoms with E-state index < -0.39 is 29.6 Å². The summed E-state index contributed by atoms with van der Waals surface area (Å²) in [6.45, 7) is 11.4. The molecule has 6 nitrogen and oxygen atoms in total. The van der Waals surface area contributed by atoms with Gasteiger partial charge in [-0.15, -0.1) is 0 Å². The highest BCUT2D eigenvalue weighted by Gasteiger charge is 2.44. The SMILES string of the molecule is CC(C)[C@H](C)[C@@H](CC(=O)OC(C)(C)C)C(=O)N1C(=O)OC[C@H]1c1ccccc1. The van der Waals surface area contributed by atoms with Crippen molar-refractivity contribution >= 4 is 18.0 Å². The summed E-state index contributed by atoms with van der Waals surface area (Å²) in [4.78, 5) is 39.4. The topological polar surface area (TPSA) is 72.9 Å². The fourth-order valence-corrected chi connectivity index (χ4v) is 3.29. The molecule has 3 atom stereocenters. The molecular weight excluding hydrogens is 358 g/mol. The third kappa shape index (κ3) is 5.33. The largest absolute Gasteiger partial charge is 0.460 e. The van der Waals surface area contributed by atoms with Crippen LogP contribution in [-0.2, 0) is 19.1 Å². The van der Waals surface area contributed by atoms with E-state index in [2.05, 4.69) is 0 Å². The molecule has 0 bridgehead atoms. The summed E-state index contributed by atoms with van der Waals surface area (Å²) in [5, 5.41) is 0. The van der Waals surface area contributed by atoms with Crippen LogP contribution in [0.1, 0.15) is 59.6 Å². The zero-order chi connectivity index (χ0) is 21.1.